The van der Waals surface area contributed by atoms with Gasteiger partial charge in [-0.15, -0.1) is 0 Å². The lowest BCUT2D eigenvalue weighted by Gasteiger charge is -2.17. The van der Waals surface area contributed by atoms with Gasteiger partial charge < -0.3 is 14.6 Å². The molecule has 2 aromatic rings. The molecule has 0 spiro atoms. The minimum absolute atomic E-state index is 0.0609. The van der Waals surface area contributed by atoms with Crippen molar-refractivity contribution < 1.29 is 29.0 Å². The summed E-state index contributed by atoms with van der Waals surface area (Å²) in [5.74, 6) is -1.52. The first-order chi connectivity index (χ1) is 12.0. The topological polar surface area (TPSA) is 93.1 Å². The quantitative estimate of drug-likeness (QED) is 0.838. The molecule has 25 heavy (non-hydrogen) atoms. The number of carboxylic acid groups (broad SMARTS) is 1. The lowest BCUT2D eigenvalue weighted by atomic mass is 10.1. The van der Waals surface area contributed by atoms with Crippen molar-refractivity contribution in [2.75, 3.05) is 14.2 Å². The van der Waals surface area contributed by atoms with E-state index >= 15 is 0 Å². The second kappa shape index (κ2) is 6.27. The Morgan fingerprint density at radius 3 is 2.00 bits per heavy atom. The molecule has 2 aromatic carbocycles. The zero-order valence-electron chi connectivity index (χ0n) is 13.6. The summed E-state index contributed by atoms with van der Waals surface area (Å²) in [4.78, 5) is 37.5. The minimum atomic E-state index is -1.19. The smallest absolute Gasteiger partial charge is 0.336 e. The Hall–Kier alpha value is -3.35. The van der Waals surface area contributed by atoms with E-state index in [2.05, 4.69) is 0 Å². The van der Waals surface area contributed by atoms with Crippen molar-refractivity contribution in [2.45, 2.75) is 6.54 Å². The van der Waals surface area contributed by atoms with Crippen LogP contribution in [0.2, 0.25) is 0 Å². The monoisotopic (exact) mass is 341 g/mol. The molecule has 1 N–H and O–H groups in total. The van der Waals surface area contributed by atoms with Crippen molar-refractivity contribution in [3.05, 3.63) is 58.7 Å². The second-order valence-electron chi connectivity index (χ2n) is 5.41. The lowest BCUT2D eigenvalue weighted by Crippen LogP contribution is -2.30. The predicted molar refractivity (Wildman–Crippen MR) is 87.2 cm³/mol. The Balaban J connectivity index is 2.02. The number of hydrogen-bond donors (Lipinski definition) is 1. The van der Waals surface area contributed by atoms with E-state index in [1.54, 1.807) is 24.3 Å². The first-order valence-corrected chi connectivity index (χ1v) is 7.41. The molecule has 0 aliphatic carbocycles. The maximum absolute atomic E-state index is 12.5. The van der Waals surface area contributed by atoms with Gasteiger partial charge in [-0.2, -0.15) is 0 Å². The summed E-state index contributed by atoms with van der Waals surface area (Å²) in [7, 11) is 2.82. The molecular weight excluding hydrogens is 326 g/mol. The van der Waals surface area contributed by atoms with Gasteiger partial charge in [0.2, 0.25) is 0 Å². The summed E-state index contributed by atoms with van der Waals surface area (Å²) >= 11 is 0. The molecule has 0 atom stereocenters. The number of benzene rings is 2. The molecule has 3 rings (SSSR count). The number of aromatic carboxylic acids is 1. The summed E-state index contributed by atoms with van der Waals surface area (Å²) in [5, 5.41) is 9.44. The SMILES string of the molecule is COc1cc(CN2C(=O)c3ccccc3C2=O)c(C(=O)O)cc1OC. The summed E-state index contributed by atoms with van der Waals surface area (Å²) in [6, 6.07) is 9.27. The highest BCUT2D eigenvalue weighted by molar-refractivity contribution is 6.21. The Kier molecular flexibility index (Phi) is 4.14. The number of ether oxygens (including phenoxy) is 2. The molecule has 7 heteroatoms. The van der Waals surface area contributed by atoms with Crippen LogP contribution in [0.15, 0.2) is 36.4 Å². The normalized spacial score (nSPS) is 13.0. The third-order valence-corrected chi connectivity index (χ3v) is 4.05. The number of nitrogens with zero attached hydrogens (tertiary/aromatic N) is 1. The summed E-state index contributed by atoms with van der Waals surface area (Å²) in [5.41, 5.74) is 0.837. The fourth-order valence-corrected chi connectivity index (χ4v) is 2.80. The maximum atomic E-state index is 12.5. The van der Waals surface area contributed by atoms with Crippen LogP contribution in [-0.4, -0.2) is 42.0 Å². The highest BCUT2D eigenvalue weighted by atomic mass is 16.5. The second-order valence-corrected chi connectivity index (χ2v) is 5.41. The number of hydrogen-bond acceptors (Lipinski definition) is 5. The standard InChI is InChI=1S/C18H15NO6/c1-24-14-7-10(13(18(22)23)8-15(14)25-2)9-19-16(20)11-5-3-4-6-12(11)17(19)21/h3-8H,9H2,1-2H3,(H,22,23). The molecule has 1 aliphatic heterocycles. The largest absolute Gasteiger partial charge is 0.493 e. The van der Waals surface area contributed by atoms with E-state index in [1.165, 1.54) is 26.4 Å². The number of carbonyl (C=O) groups is 3. The van der Waals surface area contributed by atoms with Crippen LogP contribution in [0.1, 0.15) is 36.6 Å². The van der Waals surface area contributed by atoms with Crippen molar-refractivity contribution in [3.8, 4) is 11.5 Å². The maximum Gasteiger partial charge on any atom is 0.336 e. The fourth-order valence-electron chi connectivity index (χ4n) is 2.80. The molecular formula is C18H15NO6. The van der Waals surface area contributed by atoms with E-state index in [9.17, 15) is 19.5 Å². The third kappa shape index (κ3) is 2.69. The number of carbonyl (C=O) groups excluding carboxylic acids is 2. The zero-order valence-corrected chi connectivity index (χ0v) is 13.6. The van der Waals surface area contributed by atoms with E-state index < -0.39 is 17.8 Å². The molecule has 0 saturated heterocycles. The lowest BCUT2D eigenvalue weighted by molar-refractivity contribution is 0.0627. The molecule has 7 nitrogen and oxygen atoms in total. The van der Waals surface area contributed by atoms with Crippen molar-refractivity contribution in [2.24, 2.45) is 0 Å². The zero-order chi connectivity index (χ0) is 18.1. The molecule has 128 valence electrons. The minimum Gasteiger partial charge on any atom is -0.493 e. The van der Waals surface area contributed by atoms with Crippen molar-refractivity contribution in [1.29, 1.82) is 0 Å². The molecule has 0 saturated carbocycles. The van der Waals surface area contributed by atoms with Crippen molar-refractivity contribution in [3.63, 3.8) is 0 Å². The van der Waals surface area contributed by atoms with Gasteiger partial charge >= 0.3 is 5.97 Å². The Morgan fingerprint density at radius 1 is 1.00 bits per heavy atom. The van der Waals surface area contributed by atoms with E-state index in [0.29, 0.717) is 16.9 Å². The summed E-state index contributed by atoms with van der Waals surface area (Å²) < 4.78 is 10.3. The van der Waals surface area contributed by atoms with Crippen LogP contribution in [0.4, 0.5) is 0 Å². The molecule has 1 aliphatic rings. The Morgan fingerprint density at radius 2 is 1.52 bits per heavy atom. The first-order valence-electron chi connectivity index (χ1n) is 7.41. The summed E-state index contributed by atoms with van der Waals surface area (Å²) in [6.07, 6.45) is 0. The van der Waals surface area contributed by atoms with Crippen LogP contribution in [0.5, 0.6) is 11.5 Å². The number of fused-ring (bicyclic) bond motifs is 1. The molecule has 0 fully saturated rings. The fraction of sp³-hybridized carbons (Fsp3) is 0.167. The average molecular weight is 341 g/mol. The van der Waals surface area contributed by atoms with Crippen LogP contribution < -0.4 is 9.47 Å². The van der Waals surface area contributed by atoms with Gasteiger partial charge in [0.05, 0.1) is 37.5 Å². The van der Waals surface area contributed by atoms with Crippen LogP contribution >= 0.6 is 0 Å². The molecule has 0 radical (unpaired) electrons. The molecule has 0 bridgehead atoms. The first kappa shape index (κ1) is 16.5. The number of imide groups is 1. The van der Waals surface area contributed by atoms with E-state index in [1.807, 2.05) is 0 Å². The molecule has 1 heterocycles. The van der Waals surface area contributed by atoms with Crippen LogP contribution in [0.3, 0.4) is 0 Å². The van der Waals surface area contributed by atoms with E-state index in [0.717, 1.165) is 4.90 Å². The van der Waals surface area contributed by atoms with Gasteiger partial charge in [-0.05, 0) is 29.8 Å². The van der Waals surface area contributed by atoms with Crippen LogP contribution in [-0.2, 0) is 6.54 Å². The van der Waals surface area contributed by atoms with Gasteiger partial charge in [0, 0.05) is 0 Å². The number of rotatable bonds is 5. The van der Waals surface area contributed by atoms with Crippen LogP contribution in [0.25, 0.3) is 0 Å². The van der Waals surface area contributed by atoms with Crippen molar-refractivity contribution in [1.82, 2.24) is 4.90 Å². The summed E-state index contributed by atoms with van der Waals surface area (Å²) in [6.45, 7) is -0.172. The van der Waals surface area contributed by atoms with Crippen LogP contribution in [0, 0.1) is 0 Å². The number of carboxylic acids is 1. The van der Waals surface area contributed by atoms with Crippen molar-refractivity contribution >= 4 is 17.8 Å². The highest BCUT2D eigenvalue weighted by Gasteiger charge is 2.35. The van der Waals surface area contributed by atoms with Gasteiger partial charge in [-0.1, -0.05) is 12.1 Å². The predicted octanol–water partition coefficient (Wildman–Crippen LogP) is 2.20. The highest BCUT2D eigenvalue weighted by Crippen LogP contribution is 2.33. The Labute approximate surface area is 143 Å². The third-order valence-electron chi connectivity index (χ3n) is 4.05. The van der Waals surface area contributed by atoms with Gasteiger partial charge in [-0.25, -0.2) is 4.79 Å². The average Bonchev–Trinajstić information content (AvgIpc) is 2.86. The van der Waals surface area contributed by atoms with E-state index in [-0.39, 0.29) is 23.4 Å². The van der Waals surface area contributed by atoms with Gasteiger partial charge in [-0.3, -0.25) is 14.5 Å². The molecule has 0 aromatic heterocycles. The number of methoxy groups -OCH3 is 2. The molecule has 0 unspecified atom stereocenters. The molecule has 2 amide bonds. The Bertz CT molecular complexity index is 854. The number of amides is 2. The van der Waals surface area contributed by atoms with Gasteiger partial charge in [0.15, 0.2) is 11.5 Å². The van der Waals surface area contributed by atoms with Gasteiger partial charge in [0.1, 0.15) is 0 Å². The van der Waals surface area contributed by atoms with E-state index in [4.69, 9.17) is 9.47 Å². The van der Waals surface area contributed by atoms with Gasteiger partial charge in [0.25, 0.3) is 11.8 Å².